The molecule has 2 rings (SSSR count). The average Bonchev–Trinajstić information content (AvgIpc) is 2.75. The van der Waals surface area contributed by atoms with Crippen molar-refractivity contribution in [1.29, 1.82) is 0 Å². The van der Waals surface area contributed by atoms with Gasteiger partial charge >= 0.3 is 0 Å². The quantitative estimate of drug-likeness (QED) is 0.756. The topological polar surface area (TPSA) is 52.8 Å². The van der Waals surface area contributed by atoms with Gasteiger partial charge in [-0.05, 0) is 23.3 Å². The maximum absolute atomic E-state index is 12.1. The lowest BCUT2D eigenvalue weighted by molar-refractivity contribution is 0.0631. The first-order valence-electron chi connectivity index (χ1n) is 5.04. The van der Waals surface area contributed by atoms with Crippen LogP contribution in [0.1, 0.15) is 18.9 Å². The number of hydrogen-bond donors (Lipinski definition) is 0. The Kier molecular flexibility index (Phi) is 4.05. The van der Waals surface area contributed by atoms with Crippen molar-refractivity contribution in [2.75, 3.05) is 19.0 Å². The third-order valence-electron chi connectivity index (χ3n) is 2.34. The van der Waals surface area contributed by atoms with Gasteiger partial charge in [0, 0.05) is 13.2 Å². The summed E-state index contributed by atoms with van der Waals surface area (Å²) in [6, 6.07) is 0.170. The van der Waals surface area contributed by atoms with Gasteiger partial charge in [-0.3, -0.25) is 0 Å². The van der Waals surface area contributed by atoms with Crippen LogP contribution in [0.25, 0.3) is 0 Å². The average molecular weight is 250 g/mol. The maximum atomic E-state index is 12.1. The SMILES string of the molecule is FC(F)CSc1nnnn1C1CCOCC1. The van der Waals surface area contributed by atoms with Crippen LogP contribution in [0, 0.1) is 0 Å². The predicted molar refractivity (Wildman–Crippen MR) is 53.6 cm³/mol. The number of nitrogens with zero attached hydrogens (tertiary/aromatic N) is 4. The normalized spacial score (nSPS) is 18.2. The first-order chi connectivity index (χ1) is 7.77. The third-order valence-corrected chi connectivity index (χ3v) is 3.28. The zero-order valence-corrected chi connectivity index (χ0v) is 9.37. The Balaban J connectivity index is 2.00. The standard InChI is InChI=1S/C8H12F2N4OS/c9-7(10)5-16-8-11-12-13-14(8)6-1-3-15-4-2-6/h6-7H,1-5H2. The fraction of sp³-hybridized carbons (Fsp3) is 0.875. The van der Waals surface area contributed by atoms with Crippen molar-refractivity contribution < 1.29 is 13.5 Å². The number of rotatable bonds is 4. The van der Waals surface area contributed by atoms with E-state index in [1.165, 1.54) is 0 Å². The van der Waals surface area contributed by atoms with E-state index in [2.05, 4.69) is 15.5 Å². The summed E-state index contributed by atoms with van der Waals surface area (Å²) in [6.07, 6.45) is -0.689. The summed E-state index contributed by atoms with van der Waals surface area (Å²) in [6.45, 7) is 1.34. The fourth-order valence-corrected chi connectivity index (χ4v) is 2.26. The number of aromatic nitrogens is 4. The summed E-state index contributed by atoms with van der Waals surface area (Å²) in [5.41, 5.74) is 0. The Morgan fingerprint density at radius 3 is 2.88 bits per heavy atom. The van der Waals surface area contributed by atoms with Crippen molar-refractivity contribution in [3.8, 4) is 0 Å². The minimum absolute atomic E-state index is 0.170. The molecular weight excluding hydrogens is 238 g/mol. The Morgan fingerprint density at radius 1 is 1.44 bits per heavy atom. The molecule has 0 atom stereocenters. The Bertz CT molecular complexity index is 330. The first kappa shape index (κ1) is 11.7. The van der Waals surface area contributed by atoms with Gasteiger partial charge in [-0.25, -0.2) is 13.5 Å². The largest absolute Gasteiger partial charge is 0.381 e. The number of hydrogen-bond acceptors (Lipinski definition) is 5. The van der Waals surface area contributed by atoms with Gasteiger partial charge in [-0.15, -0.1) is 5.10 Å². The Labute approximate surface area is 95.5 Å². The molecule has 1 aliphatic heterocycles. The van der Waals surface area contributed by atoms with Gasteiger partial charge in [0.1, 0.15) is 0 Å². The zero-order chi connectivity index (χ0) is 11.4. The van der Waals surface area contributed by atoms with Crippen molar-refractivity contribution in [3.63, 3.8) is 0 Å². The van der Waals surface area contributed by atoms with E-state index < -0.39 is 6.43 Å². The summed E-state index contributed by atoms with van der Waals surface area (Å²) < 4.78 is 31.0. The minimum Gasteiger partial charge on any atom is -0.381 e. The summed E-state index contributed by atoms with van der Waals surface area (Å²) >= 11 is 0.991. The van der Waals surface area contributed by atoms with Crippen LogP contribution < -0.4 is 0 Å². The maximum Gasteiger partial charge on any atom is 0.248 e. The molecule has 0 N–H and O–H groups in total. The molecule has 90 valence electrons. The van der Waals surface area contributed by atoms with Crippen LogP contribution in [0.3, 0.4) is 0 Å². The fourth-order valence-electron chi connectivity index (χ4n) is 1.58. The molecule has 5 nitrogen and oxygen atoms in total. The first-order valence-corrected chi connectivity index (χ1v) is 6.02. The van der Waals surface area contributed by atoms with Crippen molar-refractivity contribution >= 4 is 11.8 Å². The molecule has 8 heteroatoms. The van der Waals surface area contributed by atoms with Crippen LogP contribution >= 0.6 is 11.8 Å². The number of alkyl halides is 2. The molecule has 0 aliphatic carbocycles. The molecule has 1 fully saturated rings. The highest BCUT2D eigenvalue weighted by Crippen LogP contribution is 2.25. The van der Waals surface area contributed by atoms with E-state index >= 15 is 0 Å². The van der Waals surface area contributed by atoms with Crippen LogP contribution in [0.5, 0.6) is 0 Å². The molecule has 0 bridgehead atoms. The number of halogens is 2. The van der Waals surface area contributed by atoms with Gasteiger partial charge < -0.3 is 4.74 Å². The van der Waals surface area contributed by atoms with Gasteiger partial charge in [0.2, 0.25) is 11.6 Å². The molecule has 0 unspecified atom stereocenters. The van der Waals surface area contributed by atoms with Gasteiger partial charge in [0.05, 0.1) is 11.8 Å². The second-order valence-electron chi connectivity index (χ2n) is 3.45. The van der Waals surface area contributed by atoms with Gasteiger partial charge in [0.25, 0.3) is 0 Å². The van der Waals surface area contributed by atoms with E-state index in [4.69, 9.17) is 4.74 Å². The Hall–Kier alpha value is -0.760. The highest BCUT2D eigenvalue weighted by Gasteiger charge is 2.21. The molecule has 0 aromatic carbocycles. The van der Waals surface area contributed by atoms with Crippen molar-refractivity contribution in [2.24, 2.45) is 0 Å². The highest BCUT2D eigenvalue weighted by molar-refractivity contribution is 7.99. The van der Waals surface area contributed by atoms with E-state index in [1.807, 2.05) is 0 Å². The van der Waals surface area contributed by atoms with Crippen molar-refractivity contribution in [3.05, 3.63) is 0 Å². The van der Waals surface area contributed by atoms with E-state index in [9.17, 15) is 8.78 Å². The van der Waals surface area contributed by atoms with Crippen molar-refractivity contribution in [2.45, 2.75) is 30.5 Å². The van der Waals surface area contributed by atoms with Crippen LogP contribution in [0.4, 0.5) is 8.78 Å². The predicted octanol–water partition coefficient (Wildman–Crippen LogP) is 1.38. The Morgan fingerprint density at radius 2 is 2.19 bits per heavy atom. The van der Waals surface area contributed by atoms with Gasteiger partial charge in [-0.1, -0.05) is 11.8 Å². The van der Waals surface area contributed by atoms with Crippen LogP contribution in [0.15, 0.2) is 5.16 Å². The molecule has 1 saturated heterocycles. The molecule has 1 aromatic heterocycles. The molecular formula is C8H12F2N4OS. The van der Waals surface area contributed by atoms with Crippen LogP contribution in [0.2, 0.25) is 0 Å². The summed E-state index contributed by atoms with van der Waals surface area (Å²) in [7, 11) is 0. The molecule has 1 aliphatic rings. The molecule has 0 radical (unpaired) electrons. The monoisotopic (exact) mass is 250 g/mol. The lowest BCUT2D eigenvalue weighted by atomic mass is 10.1. The molecule has 0 spiro atoms. The molecule has 16 heavy (non-hydrogen) atoms. The van der Waals surface area contributed by atoms with Crippen molar-refractivity contribution in [1.82, 2.24) is 20.2 Å². The van der Waals surface area contributed by atoms with Gasteiger partial charge in [0.15, 0.2) is 0 Å². The van der Waals surface area contributed by atoms with Crippen LogP contribution in [-0.4, -0.2) is 45.6 Å². The smallest absolute Gasteiger partial charge is 0.248 e. The lowest BCUT2D eigenvalue weighted by Gasteiger charge is -2.22. The molecule has 0 amide bonds. The summed E-state index contributed by atoms with van der Waals surface area (Å²) in [5, 5.41) is 11.6. The number of tetrazole rings is 1. The van der Waals surface area contributed by atoms with E-state index in [-0.39, 0.29) is 11.8 Å². The zero-order valence-electron chi connectivity index (χ0n) is 8.55. The molecule has 0 saturated carbocycles. The molecule has 2 heterocycles. The van der Waals surface area contributed by atoms with E-state index in [0.29, 0.717) is 18.4 Å². The second kappa shape index (κ2) is 5.53. The lowest BCUT2D eigenvalue weighted by Crippen LogP contribution is -2.21. The highest BCUT2D eigenvalue weighted by atomic mass is 32.2. The third kappa shape index (κ3) is 2.88. The summed E-state index contributed by atoms with van der Waals surface area (Å²) in [5.74, 6) is -0.274. The summed E-state index contributed by atoms with van der Waals surface area (Å²) in [4.78, 5) is 0. The van der Waals surface area contributed by atoms with E-state index in [1.54, 1.807) is 4.68 Å². The number of thioether (sulfide) groups is 1. The van der Waals surface area contributed by atoms with Crippen LogP contribution in [-0.2, 0) is 4.74 Å². The van der Waals surface area contributed by atoms with E-state index in [0.717, 1.165) is 24.6 Å². The second-order valence-corrected chi connectivity index (χ2v) is 4.44. The number of ether oxygens (including phenoxy) is 1. The van der Waals surface area contributed by atoms with Gasteiger partial charge in [-0.2, -0.15) is 0 Å². The molecule has 1 aromatic rings. The minimum atomic E-state index is -2.34.